The monoisotopic (exact) mass is 379 g/mol. The van der Waals surface area contributed by atoms with Gasteiger partial charge in [-0.3, -0.25) is 4.79 Å². The number of nitrogens with one attached hydrogen (secondary N) is 2. The van der Waals surface area contributed by atoms with E-state index in [2.05, 4.69) is 15.3 Å². The van der Waals surface area contributed by atoms with E-state index in [1.165, 1.54) is 0 Å². The normalized spacial score (nSPS) is 14.6. The van der Waals surface area contributed by atoms with Gasteiger partial charge in [0.15, 0.2) is 0 Å². The number of thioether (sulfide) groups is 1. The molecule has 0 atom stereocenters. The Bertz CT molecular complexity index is 708. The van der Waals surface area contributed by atoms with E-state index in [1.54, 1.807) is 51.2 Å². The van der Waals surface area contributed by atoms with E-state index in [0.29, 0.717) is 38.4 Å². The molecule has 3 amide bonds. The molecule has 0 spiro atoms. The summed E-state index contributed by atoms with van der Waals surface area (Å²) in [5.74, 6) is 0.879. The van der Waals surface area contributed by atoms with Crippen LogP contribution in [0.1, 0.15) is 21.2 Å². The van der Waals surface area contributed by atoms with Gasteiger partial charge in [0.1, 0.15) is 10.7 Å². The number of aromatic nitrogens is 2. The van der Waals surface area contributed by atoms with E-state index in [-0.39, 0.29) is 11.9 Å². The third-order valence-electron chi connectivity index (χ3n) is 3.97. The number of rotatable bonds is 5. The summed E-state index contributed by atoms with van der Waals surface area (Å²) in [4.78, 5) is 35.5. The summed E-state index contributed by atoms with van der Waals surface area (Å²) in [6.45, 7) is 2.59. The zero-order valence-electron chi connectivity index (χ0n) is 14.0. The predicted octanol–water partition coefficient (Wildman–Crippen LogP) is 2.00. The molecule has 25 heavy (non-hydrogen) atoms. The van der Waals surface area contributed by atoms with Gasteiger partial charge in [0.2, 0.25) is 0 Å². The molecular formula is C16H21N5O2S2. The van der Waals surface area contributed by atoms with Crippen LogP contribution in [0.2, 0.25) is 0 Å². The molecule has 0 radical (unpaired) electrons. The Kier molecular flexibility index (Phi) is 5.98. The van der Waals surface area contributed by atoms with Crippen LogP contribution >= 0.6 is 23.1 Å². The Labute approximate surface area is 154 Å². The number of carbonyl (C=O) groups is 2. The first-order chi connectivity index (χ1) is 12.2. The molecule has 0 saturated carbocycles. The lowest BCUT2D eigenvalue weighted by Crippen LogP contribution is -2.53. The van der Waals surface area contributed by atoms with E-state index in [1.807, 2.05) is 11.6 Å². The number of urea groups is 1. The second-order valence-corrected chi connectivity index (χ2v) is 7.50. The molecular weight excluding hydrogens is 358 g/mol. The molecule has 0 unspecified atom stereocenters. The van der Waals surface area contributed by atoms with Crippen molar-refractivity contribution in [3.05, 3.63) is 40.1 Å². The van der Waals surface area contributed by atoms with Gasteiger partial charge in [-0.2, -0.15) is 11.8 Å². The molecule has 2 aromatic heterocycles. The first kappa shape index (κ1) is 17.8. The Hall–Kier alpha value is -2.00. The maximum Gasteiger partial charge on any atom is 0.317 e. The minimum absolute atomic E-state index is 0.0196. The van der Waals surface area contributed by atoms with Crippen LogP contribution in [0, 0.1) is 0 Å². The van der Waals surface area contributed by atoms with Gasteiger partial charge in [-0.1, -0.05) is 0 Å². The minimum atomic E-state index is -0.105. The van der Waals surface area contributed by atoms with Crippen LogP contribution in [-0.2, 0) is 12.3 Å². The molecule has 134 valence electrons. The van der Waals surface area contributed by atoms with Crippen molar-refractivity contribution in [3.8, 4) is 0 Å². The smallest absolute Gasteiger partial charge is 0.317 e. The van der Waals surface area contributed by atoms with Gasteiger partial charge in [0.25, 0.3) is 5.91 Å². The van der Waals surface area contributed by atoms with Crippen LogP contribution in [0.25, 0.3) is 0 Å². The molecule has 2 N–H and O–H groups in total. The number of hydrogen-bond acceptors (Lipinski definition) is 5. The van der Waals surface area contributed by atoms with E-state index >= 15 is 0 Å². The zero-order valence-corrected chi connectivity index (χ0v) is 15.7. The third kappa shape index (κ3) is 4.55. The van der Waals surface area contributed by atoms with Crippen molar-refractivity contribution >= 4 is 35.0 Å². The SMILES string of the molecule is CSCc1nc(CNC(=O)N2CCN(C(=O)c3ccc[nH]3)CC2)cs1. The van der Waals surface area contributed by atoms with Crippen molar-refractivity contribution in [3.63, 3.8) is 0 Å². The van der Waals surface area contributed by atoms with Crippen LogP contribution in [0.15, 0.2) is 23.7 Å². The largest absolute Gasteiger partial charge is 0.357 e. The number of piperazine rings is 1. The van der Waals surface area contributed by atoms with Gasteiger partial charge in [-0.25, -0.2) is 9.78 Å². The zero-order chi connectivity index (χ0) is 17.6. The fourth-order valence-electron chi connectivity index (χ4n) is 2.64. The summed E-state index contributed by atoms with van der Waals surface area (Å²) in [7, 11) is 0. The lowest BCUT2D eigenvalue weighted by molar-refractivity contribution is 0.0660. The predicted molar refractivity (Wildman–Crippen MR) is 99.8 cm³/mol. The molecule has 0 aliphatic carbocycles. The standard InChI is InChI=1S/C16H21N5O2S2/c1-24-11-14-19-12(10-25-14)9-18-16(23)21-7-5-20(6-8-21)15(22)13-3-2-4-17-13/h2-4,10,17H,5-9,11H2,1H3,(H,18,23). The van der Waals surface area contributed by atoms with Crippen molar-refractivity contribution in [2.45, 2.75) is 12.3 Å². The third-order valence-corrected chi connectivity index (χ3v) is 5.61. The van der Waals surface area contributed by atoms with Crippen LogP contribution in [0.3, 0.4) is 0 Å². The summed E-state index contributed by atoms with van der Waals surface area (Å²) in [6.07, 6.45) is 3.78. The van der Waals surface area contributed by atoms with Crippen molar-refractivity contribution in [1.82, 2.24) is 25.1 Å². The molecule has 1 saturated heterocycles. The molecule has 0 bridgehead atoms. The van der Waals surface area contributed by atoms with Crippen LogP contribution in [0.5, 0.6) is 0 Å². The van der Waals surface area contributed by atoms with Gasteiger partial charge in [-0.15, -0.1) is 11.3 Å². The highest BCUT2D eigenvalue weighted by atomic mass is 32.2. The van der Waals surface area contributed by atoms with Gasteiger partial charge in [-0.05, 0) is 18.4 Å². The number of amides is 3. The molecule has 1 aliphatic heterocycles. The molecule has 2 aromatic rings. The fourth-order valence-corrected chi connectivity index (χ4v) is 4.16. The van der Waals surface area contributed by atoms with Gasteiger partial charge in [0.05, 0.1) is 12.2 Å². The average molecular weight is 380 g/mol. The highest BCUT2D eigenvalue weighted by Gasteiger charge is 2.25. The summed E-state index contributed by atoms with van der Waals surface area (Å²) in [6, 6.07) is 3.46. The van der Waals surface area contributed by atoms with Crippen molar-refractivity contribution in [2.75, 3.05) is 32.4 Å². The number of aromatic amines is 1. The second-order valence-electron chi connectivity index (χ2n) is 5.69. The van der Waals surface area contributed by atoms with E-state index in [4.69, 9.17) is 0 Å². The van der Waals surface area contributed by atoms with E-state index < -0.39 is 0 Å². The van der Waals surface area contributed by atoms with Crippen molar-refractivity contribution < 1.29 is 9.59 Å². The lowest BCUT2D eigenvalue weighted by atomic mass is 10.3. The number of carbonyl (C=O) groups excluding carboxylic acids is 2. The van der Waals surface area contributed by atoms with Crippen LogP contribution < -0.4 is 5.32 Å². The van der Waals surface area contributed by atoms with E-state index in [9.17, 15) is 9.59 Å². The summed E-state index contributed by atoms with van der Waals surface area (Å²) in [5, 5.41) is 5.97. The minimum Gasteiger partial charge on any atom is -0.357 e. The first-order valence-electron chi connectivity index (χ1n) is 8.05. The van der Waals surface area contributed by atoms with Crippen molar-refractivity contribution in [2.24, 2.45) is 0 Å². The Morgan fingerprint density at radius 1 is 1.32 bits per heavy atom. The number of H-pyrrole nitrogens is 1. The van der Waals surface area contributed by atoms with Gasteiger partial charge in [0, 0.05) is 43.5 Å². The van der Waals surface area contributed by atoms with Gasteiger partial charge >= 0.3 is 6.03 Å². The molecule has 0 aromatic carbocycles. The summed E-state index contributed by atoms with van der Waals surface area (Å²) >= 11 is 3.35. The second kappa shape index (κ2) is 8.39. The maximum atomic E-state index is 12.3. The highest BCUT2D eigenvalue weighted by Crippen LogP contribution is 2.15. The van der Waals surface area contributed by atoms with E-state index in [0.717, 1.165) is 16.5 Å². The maximum absolute atomic E-state index is 12.3. The van der Waals surface area contributed by atoms with Crippen LogP contribution in [0.4, 0.5) is 4.79 Å². The summed E-state index contributed by atoms with van der Waals surface area (Å²) < 4.78 is 0. The van der Waals surface area contributed by atoms with Crippen molar-refractivity contribution in [1.29, 1.82) is 0 Å². The first-order valence-corrected chi connectivity index (χ1v) is 10.3. The fraction of sp³-hybridized carbons (Fsp3) is 0.438. The van der Waals surface area contributed by atoms with Gasteiger partial charge < -0.3 is 20.1 Å². The Morgan fingerprint density at radius 3 is 2.76 bits per heavy atom. The number of thiazole rings is 1. The highest BCUT2D eigenvalue weighted by molar-refractivity contribution is 7.97. The number of nitrogens with zero attached hydrogens (tertiary/aromatic N) is 3. The topological polar surface area (TPSA) is 81.3 Å². The molecule has 1 fully saturated rings. The molecule has 3 heterocycles. The number of hydrogen-bond donors (Lipinski definition) is 2. The lowest BCUT2D eigenvalue weighted by Gasteiger charge is -2.34. The molecule has 1 aliphatic rings. The quantitative estimate of drug-likeness (QED) is 0.833. The van der Waals surface area contributed by atoms with Crippen LogP contribution in [-0.4, -0.2) is 64.1 Å². The Morgan fingerprint density at radius 2 is 2.08 bits per heavy atom. The Balaban J connectivity index is 1.44. The average Bonchev–Trinajstić information content (AvgIpc) is 3.31. The molecule has 9 heteroatoms. The summed E-state index contributed by atoms with van der Waals surface area (Å²) in [5.41, 5.74) is 1.48. The molecule has 3 rings (SSSR count). The molecule has 7 nitrogen and oxygen atoms in total.